The molecule has 4 heteroatoms. The van der Waals surface area contributed by atoms with Gasteiger partial charge in [-0.25, -0.2) is 0 Å². The Balaban J connectivity index is 2.32. The van der Waals surface area contributed by atoms with Crippen molar-refractivity contribution in [2.24, 2.45) is 5.41 Å². The summed E-state index contributed by atoms with van der Waals surface area (Å²) in [6.45, 7) is 1.97. The molecule has 1 N–H and O–H groups in total. The zero-order valence-electron chi connectivity index (χ0n) is 9.94. The normalized spacial score (nSPS) is 34.4. The van der Waals surface area contributed by atoms with Gasteiger partial charge in [-0.3, -0.25) is 4.79 Å². The number of rotatable bonds is 0. The molecular formula is C14H13ClO2S. The van der Waals surface area contributed by atoms with E-state index >= 15 is 0 Å². The molecule has 2 nitrogen and oxygen atoms in total. The third-order valence-electron chi connectivity index (χ3n) is 3.75. The van der Waals surface area contributed by atoms with Crippen LogP contribution in [-0.2, 0) is 4.79 Å². The average molecular weight is 281 g/mol. The number of aliphatic hydroxyl groups is 1. The van der Waals surface area contributed by atoms with Crippen LogP contribution in [0.2, 0.25) is 0 Å². The first kappa shape index (κ1) is 12.2. The van der Waals surface area contributed by atoms with E-state index in [0.29, 0.717) is 15.5 Å². The van der Waals surface area contributed by atoms with Gasteiger partial charge in [0.2, 0.25) is 0 Å². The third-order valence-corrected chi connectivity index (χ3v) is 5.60. The van der Waals surface area contributed by atoms with Crippen molar-refractivity contribution in [3.05, 3.63) is 34.9 Å². The van der Waals surface area contributed by atoms with Crippen molar-refractivity contribution < 1.29 is 9.90 Å². The number of ketones is 1. The second-order valence-electron chi connectivity index (χ2n) is 4.96. The molecule has 0 bridgehead atoms. The molecule has 1 heterocycles. The van der Waals surface area contributed by atoms with E-state index in [4.69, 9.17) is 11.6 Å². The summed E-state index contributed by atoms with van der Waals surface area (Å²) in [7, 11) is 1.53. The maximum absolute atomic E-state index is 12.7. The predicted molar refractivity (Wildman–Crippen MR) is 77.1 cm³/mol. The zero-order chi connectivity index (χ0) is 12.9. The van der Waals surface area contributed by atoms with Crippen molar-refractivity contribution in [1.82, 2.24) is 0 Å². The van der Waals surface area contributed by atoms with Crippen molar-refractivity contribution in [2.45, 2.75) is 25.9 Å². The number of hydrogen-bond acceptors (Lipinski definition) is 2. The number of halogens is 1. The Bertz CT molecular complexity index is 605. The highest BCUT2D eigenvalue weighted by molar-refractivity contribution is 7.99. The quantitative estimate of drug-likeness (QED) is 0.547. The molecule has 3 rings (SSSR count). The summed E-state index contributed by atoms with van der Waals surface area (Å²) in [6.07, 6.45) is 8.18. The van der Waals surface area contributed by atoms with Gasteiger partial charge in [-0.1, -0.05) is 23.8 Å². The number of aliphatic hydroxyl groups excluding tert-OH is 1. The molecule has 0 fully saturated rings. The molecule has 18 heavy (non-hydrogen) atoms. The Morgan fingerprint density at radius 3 is 3.06 bits per heavy atom. The smallest absolute Gasteiger partial charge is 0.176 e. The van der Waals surface area contributed by atoms with Gasteiger partial charge in [-0.05, 0) is 31.9 Å². The minimum absolute atomic E-state index is 0.0454. The van der Waals surface area contributed by atoms with E-state index in [1.54, 1.807) is 12.2 Å². The van der Waals surface area contributed by atoms with Gasteiger partial charge < -0.3 is 5.11 Å². The highest BCUT2D eigenvalue weighted by Gasteiger charge is 2.44. The van der Waals surface area contributed by atoms with E-state index in [1.807, 2.05) is 6.92 Å². The molecule has 2 unspecified atom stereocenters. The van der Waals surface area contributed by atoms with Crippen molar-refractivity contribution in [3.63, 3.8) is 0 Å². The monoisotopic (exact) mass is 280 g/mol. The minimum Gasteiger partial charge on any atom is -0.383 e. The molecule has 94 valence electrons. The molecule has 3 aliphatic rings. The Morgan fingerprint density at radius 2 is 2.28 bits per heavy atom. The average Bonchev–Trinajstić information content (AvgIpc) is 2.35. The van der Waals surface area contributed by atoms with Crippen LogP contribution in [0.1, 0.15) is 19.8 Å². The number of carbonyl (C=O) groups excluding carboxylic acids is 1. The summed E-state index contributed by atoms with van der Waals surface area (Å²) in [6, 6.07) is 0. The first-order valence-electron chi connectivity index (χ1n) is 5.91. The maximum Gasteiger partial charge on any atom is 0.176 e. The third kappa shape index (κ3) is 1.54. The van der Waals surface area contributed by atoms with Gasteiger partial charge >= 0.3 is 0 Å². The van der Waals surface area contributed by atoms with Crippen LogP contribution in [0.25, 0.3) is 0 Å². The molecule has 1 aliphatic heterocycles. The number of carbonyl (C=O) groups is 1. The summed E-state index contributed by atoms with van der Waals surface area (Å²) >= 11 is 6.14. The van der Waals surface area contributed by atoms with E-state index in [2.05, 4.69) is 12.2 Å². The first-order chi connectivity index (χ1) is 8.54. The largest absolute Gasteiger partial charge is 0.383 e. The highest BCUT2D eigenvalue weighted by Crippen LogP contribution is 2.40. The molecule has 0 amide bonds. The van der Waals surface area contributed by atoms with Crippen molar-refractivity contribution in [2.75, 3.05) is 0 Å². The van der Waals surface area contributed by atoms with E-state index in [0.717, 1.165) is 17.7 Å². The summed E-state index contributed by atoms with van der Waals surface area (Å²) in [5.41, 5.74) is 0.0433. The van der Waals surface area contributed by atoms with Crippen molar-refractivity contribution in [3.8, 4) is 0 Å². The second-order valence-corrected chi connectivity index (χ2v) is 6.50. The lowest BCUT2D eigenvalue weighted by atomic mass is 9.71. The molecule has 0 aromatic rings. The van der Waals surface area contributed by atoms with Crippen LogP contribution in [-0.4, -0.2) is 26.7 Å². The standard InChI is InChI=1S/C14H13ClO2S/c1-14-7-3-2-4-10(14)18-12-9(16)6-5-8(15)11(12)13(14)17/h2-3,5-6,9,16H,4,7H2,1H3. The summed E-state index contributed by atoms with van der Waals surface area (Å²) in [5, 5.41) is 10.4. The summed E-state index contributed by atoms with van der Waals surface area (Å²) in [5.74, 6) is 0.0454. The summed E-state index contributed by atoms with van der Waals surface area (Å²) in [4.78, 5) is 14.5. The molecule has 0 saturated heterocycles. The molecule has 0 spiro atoms. The Kier molecular flexibility index (Phi) is 2.73. The minimum atomic E-state index is -0.709. The molecule has 0 aromatic heterocycles. The van der Waals surface area contributed by atoms with Gasteiger partial charge in [-0.15, -0.1) is 10.9 Å². The maximum atomic E-state index is 12.7. The van der Waals surface area contributed by atoms with Crippen LogP contribution >= 0.6 is 22.5 Å². The van der Waals surface area contributed by atoms with Crippen LogP contribution in [0.15, 0.2) is 34.9 Å². The lowest BCUT2D eigenvalue weighted by molar-refractivity contribution is -0.120. The lowest BCUT2D eigenvalue weighted by Crippen LogP contribution is -2.44. The SMILES string of the molecule is CC12CC=CCC1=S=C1C(=C(Cl)C=CC1O)C2=O. The zero-order valence-corrected chi connectivity index (χ0v) is 11.5. The molecule has 2 atom stereocenters. The molecule has 0 saturated carbocycles. The second kappa shape index (κ2) is 4.05. The Labute approximate surface area is 114 Å². The van der Waals surface area contributed by atoms with E-state index in [1.165, 1.54) is 10.9 Å². The van der Waals surface area contributed by atoms with Gasteiger partial charge in [0, 0.05) is 9.73 Å². The van der Waals surface area contributed by atoms with Gasteiger partial charge in [0.05, 0.1) is 16.0 Å². The van der Waals surface area contributed by atoms with Crippen LogP contribution in [0.5, 0.6) is 0 Å². The fourth-order valence-electron chi connectivity index (χ4n) is 2.57. The Hall–Kier alpha value is -0.900. The van der Waals surface area contributed by atoms with E-state index < -0.39 is 11.5 Å². The molecule has 0 aromatic carbocycles. The topological polar surface area (TPSA) is 37.3 Å². The van der Waals surface area contributed by atoms with E-state index in [-0.39, 0.29) is 5.78 Å². The van der Waals surface area contributed by atoms with Crippen molar-refractivity contribution in [1.29, 1.82) is 0 Å². The van der Waals surface area contributed by atoms with Gasteiger partial charge in [0.15, 0.2) is 5.78 Å². The first-order valence-corrected chi connectivity index (χ1v) is 7.10. The predicted octanol–water partition coefficient (Wildman–Crippen LogP) is 2.43. The Morgan fingerprint density at radius 1 is 1.50 bits per heavy atom. The fraction of sp³-hybridized carbons (Fsp3) is 0.357. The highest BCUT2D eigenvalue weighted by atomic mass is 35.5. The van der Waals surface area contributed by atoms with Gasteiger partial charge in [0.1, 0.15) is 6.10 Å². The van der Waals surface area contributed by atoms with Gasteiger partial charge in [0.25, 0.3) is 0 Å². The molecule has 0 radical (unpaired) electrons. The fourth-order valence-corrected chi connectivity index (χ4v) is 4.24. The number of hydrogen-bond donors (Lipinski definition) is 1. The number of fused-ring (bicyclic) bond motifs is 2. The van der Waals surface area contributed by atoms with Crippen molar-refractivity contribution >= 4 is 38.1 Å². The van der Waals surface area contributed by atoms with E-state index in [9.17, 15) is 9.90 Å². The molecule has 2 aliphatic carbocycles. The summed E-state index contributed by atoms with van der Waals surface area (Å²) < 4.78 is 0. The van der Waals surface area contributed by atoms with Gasteiger partial charge in [-0.2, -0.15) is 0 Å². The van der Waals surface area contributed by atoms with Crippen LogP contribution in [0.3, 0.4) is 0 Å². The van der Waals surface area contributed by atoms with Crippen LogP contribution in [0.4, 0.5) is 0 Å². The van der Waals surface area contributed by atoms with Crippen LogP contribution < -0.4 is 0 Å². The number of Topliss-reactive ketones (excluding diaryl/α,β-unsaturated/α-hetero) is 1. The molecular weight excluding hydrogens is 268 g/mol. The lowest BCUT2D eigenvalue weighted by Gasteiger charge is -2.36. The van der Waals surface area contributed by atoms with Crippen LogP contribution in [0, 0.1) is 5.41 Å². The number of allylic oxidation sites excluding steroid dienone is 4.